The van der Waals surface area contributed by atoms with Crippen LogP contribution in [0.25, 0.3) is 5.69 Å². The van der Waals surface area contributed by atoms with E-state index in [1.807, 2.05) is 36.6 Å². The van der Waals surface area contributed by atoms with Gasteiger partial charge in [0.05, 0.1) is 23.9 Å². The lowest BCUT2D eigenvalue weighted by atomic mass is 10.2. The fraction of sp³-hybridized carbons (Fsp3) is 0.227. The number of aryl methyl sites for hydroxylation is 1. The van der Waals surface area contributed by atoms with Crippen LogP contribution in [0, 0.1) is 13.8 Å². The van der Waals surface area contributed by atoms with Crippen LogP contribution in [-0.2, 0) is 10.9 Å². The lowest BCUT2D eigenvalue weighted by Crippen LogP contribution is -2.06. The second kappa shape index (κ2) is 9.03. The van der Waals surface area contributed by atoms with Crippen LogP contribution < -0.4 is 5.43 Å². The number of ether oxygens (including phenoxy) is 1. The largest absolute Gasteiger partial charge is 0.462 e. The smallest absolute Gasteiger partial charge is 0.417 e. The molecule has 0 saturated heterocycles. The molecule has 0 saturated carbocycles. The molecule has 0 aliphatic rings. The first-order chi connectivity index (χ1) is 14.7. The summed E-state index contributed by atoms with van der Waals surface area (Å²) in [5, 5.41) is 4.08. The van der Waals surface area contributed by atoms with Crippen LogP contribution in [0.1, 0.15) is 39.8 Å². The molecule has 0 spiro atoms. The van der Waals surface area contributed by atoms with Crippen molar-refractivity contribution in [2.75, 3.05) is 12.0 Å². The van der Waals surface area contributed by atoms with Crippen molar-refractivity contribution >= 4 is 18.0 Å². The highest BCUT2D eigenvalue weighted by Gasteiger charge is 2.30. The Morgan fingerprint density at radius 3 is 2.48 bits per heavy atom. The molecule has 3 rings (SSSR count). The van der Waals surface area contributed by atoms with Crippen LogP contribution in [0.5, 0.6) is 0 Å². The number of hydrogen-bond acceptors (Lipinski definition) is 5. The molecule has 1 aromatic carbocycles. The van der Waals surface area contributed by atoms with Crippen LogP contribution >= 0.6 is 0 Å². The number of anilines is 1. The Bertz CT molecular complexity index is 1090. The third kappa shape index (κ3) is 5.11. The van der Waals surface area contributed by atoms with Crippen molar-refractivity contribution in [2.45, 2.75) is 26.9 Å². The van der Waals surface area contributed by atoms with Crippen molar-refractivity contribution < 1.29 is 22.7 Å². The predicted octanol–water partition coefficient (Wildman–Crippen LogP) is 5.13. The van der Waals surface area contributed by atoms with Gasteiger partial charge in [-0.3, -0.25) is 5.43 Å². The zero-order valence-corrected chi connectivity index (χ0v) is 17.2. The van der Waals surface area contributed by atoms with Gasteiger partial charge in [-0.2, -0.15) is 18.3 Å². The van der Waals surface area contributed by atoms with Gasteiger partial charge in [-0.25, -0.2) is 9.78 Å². The van der Waals surface area contributed by atoms with Gasteiger partial charge in [0.15, 0.2) is 0 Å². The van der Waals surface area contributed by atoms with E-state index in [4.69, 9.17) is 4.74 Å². The first-order valence-corrected chi connectivity index (χ1v) is 9.49. The summed E-state index contributed by atoms with van der Waals surface area (Å²) < 4.78 is 44.8. The molecule has 6 nitrogen and oxygen atoms in total. The van der Waals surface area contributed by atoms with E-state index in [9.17, 15) is 18.0 Å². The zero-order chi connectivity index (χ0) is 22.6. The summed E-state index contributed by atoms with van der Waals surface area (Å²) in [7, 11) is 0. The van der Waals surface area contributed by atoms with E-state index in [0.717, 1.165) is 34.9 Å². The highest BCUT2D eigenvalue weighted by Crippen LogP contribution is 2.28. The number of hydrazone groups is 1. The number of alkyl halides is 3. The third-order valence-corrected chi connectivity index (χ3v) is 4.58. The fourth-order valence-electron chi connectivity index (χ4n) is 3.07. The maximum Gasteiger partial charge on any atom is 0.417 e. The average Bonchev–Trinajstić information content (AvgIpc) is 3.01. The first kappa shape index (κ1) is 22.1. The van der Waals surface area contributed by atoms with Crippen LogP contribution in [0.4, 0.5) is 19.0 Å². The zero-order valence-electron chi connectivity index (χ0n) is 17.2. The second-order valence-corrected chi connectivity index (χ2v) is 6.73. The molecule has 0 fully saturated rings. The molecular formula is C22H21F3N4O2. The SMILES string of the molecule is CCOC(=O)c1ccc(-n2c(C)cc(/C=N\Nc3ccc(C(F)(F)F)cn3)c2C)cc1. The Morgan fingerprint density at radius 1 is 1.19 bits per heavy atom. The summed E-state index contributed by atoms with van der Waals surface area (Å²) >= 11 is 0. The van der Waals surface area contributed by atoms with Gasteiger partial charge < -0.3 is 9.30 Å². The molecule has 3 aromatic rings. The number of nitrogens with zero attached hydrogens (tertiary/aromatic N) is 3. The summed E-state index contributed by atoms with van der Waals surface area (Å²) in [6, 6.07) is 11.2. The van der Waals surface area contributed by atoms with E-state index in [2.05, 4.69) is 15.5 Å². The third-order valence-electron chi connectivity index (χ3n) is 4.58. The number of pyridine rings is 1. The maximum atomic E-state index is 12.6. The molecule has 0 atom stereocenters. The molecule has 1 N–H and O–H groups in total. The molecule has 0 aliphatic heterocycles. The van der Waals surface area contributed by atoms with Gasteiger partial charge in [-0.1, -0.05) is 0 Å². The standard InChI is InChI=1S/C22H21F3N4O2/c1-4-31-21(30)16-5-8-19(9-6-16)29-14(2)11-17(15(29)3)12-27-28-20-10-7-18(13-26-20)22(23,24)25/h5-13H,4H2,1-3H3,(H,26,28)/b27-12-. The van der Waals surface area contributed by atoms with Gasteiger partial charge in [0.25, 0.3) is 0 Å². The fourth-order valence-corrected chi connectivity index (χ4v) is 3.07. The van der Waals surface area contributed by atoms with Crippen LogP contribution in [0.2, 0.25) is 0 Å². The quantitative estimate of drug-likeness (QED) is 0.334. The number of esters is 1. The lowest BCUT2D eigenvalue weighted by molar-refractivity contribution is -0.137. The number of carbonyl (C=O) groups is 1. The molecule has 2 heterocycles. The van der Waals surface area contributed by atoms with Crippen LogP contribution in [0.3, 0.4) is 0 Å². The van der Waals surface area contributed by atoms with Gasteiger partial charge in [-0.15, -0.1) is 0 Å². The van der Waals surface area contributed by atoms with Crippen molar-refractivity contribution in [3.63, 3.8) is 0 Å². The number of rotatable bonds is 6. The Morgan fingerprint density at radius 2 is 1.90 bits per heavy atom. The Hall–Kier alpha value is -3.62. The number of benzene rings is 1. The number of nitrogens with one attached hydrogen (secondary N) is 1. The summed E-state index contributed by atoms with van der Waals surface area (Å²) in [5.41, 5.74) is 5.85. The molecule has 31 heavy (non-hydrogen) atoms. The van der Waals surface area contributed by atoms with E-state index in [1.165, 1.54) is 6.07 Å². The molecular weight excluding hydrogens is 409 g/mol. The minimum Gasteiger partial charge on any atom is -0.462 e. The minimum atomic E-state index is -4.43. The van der Waals surface area contributed by atoms with E-state index in [0.29, 0.717) is 12.2 Å². The molecule has 0 amide bonds. The summed E-state index contributed by atoms with van der Waals surface area (Å²) in [6.07, 6.45) is -2.10. The predicted molar refractivity (Wildman–Crippen MR) is 112 cm³/mol. The van der Waals surface area contributed by atoms with E-state index < -0.39 is 11.7 Å². The summed E-state index contributed by atoms with van der Waals surface area (Å²) in [4.78, 5) is 15.5. The normalized spacial score (nSPS) is 11.7. The number of aromatic nitrogens is 2. The first-order valence-electron chi connectivity index (χ1n) is 9.49. The molecule has 0 bridgehead atoms. The number of hydrogen-bond donors (Lipinski definition) is 1. The number of halogens is 3. The van der Waals surface area contributed by atoms with E-state index in [1.54, 1.807) is 25.3 Å². The molecule has 0 radical (unpaired) electrons. The Labute approximate surface area is 177 Å². The highest BCUT2D eigenvalue weighted by atomic mass is 19.4. The number of carbonyl (C=O) groups excluding carboxylic acids is 1. The second-order valence-electron chi connectivity index (χ2n) is 6.73. The molecule has 0 aliphatic carbocycles. The van der Waals surface area contributed by atoms with Crippen molar-refractivity contribution in [3.8, 4) is 5.69 Å². The van der Waals surface area contributed by atoms with Crippen molar-refractivity contribution in [2.24, 2.45) is 5.10 Å². The molecule has 0 unspecified atom stereocenters. The van der Waals surface area contributed by atoms with Gasteiger partial charge >= 0.3 is 12.1 Å². The minimum absolute atomic E-state index is 0.201. The van der Waals surface area contributed by atoms with E-state index in [-0.39, 0.29) is 11.8 Å². The van der Waals surface area contributed by atoms with Crippen molar-refractivity contribution in [1.82, 2.24) is 9.55 Å². The molecule has 162 valence electrons. The van der Waals surface area contributed by atoms with Gasteiger partial charge in [0.1, 0.15) is 5.82 Å². The van der Waals surface area contributed by atoms with Gasteiger partial charge in [0.2, 0.25) is 0 Å². The van der Waals surface area contributed by atoms with Crippen LogP contribution in [-0.4, -0.2) is 28.3 Å². The van der Waals surface area contributed by atoms with Crippen molar-refractivity contribution in [1.29, 1.82) is 0 Å². The monoisotopic (exact) mass is 430 g/mol. The van der Waals surface area contributed by atoms with Crippen molar-refractivity contribution in [3.05, 3.63) is 76.7 Å². The molecule has 2 aromatic heterocycles. The maximum absolute atomic E-state index is 12.6. The van der Waals surface area contributed by atoms with Gasteiger partial charge in [-0.05, 0) is 63.2 Å². The summed E-state index contributed by atoms with van der Waals surface area (Å²) in [5.74, 6) is -0.168. The van der Waals surface area contributed by atoms with Crippen LogP contribution in [0.15, 0.2) is 53.8 Å². The van der Waals surface area contributed by atoms with E-state index >= 15 is 0 Å². The average molecular weight is 430 g/mol. The topological polar surface area (TPSA) is 68.5 Å². The molecule has 9 heteroatoms. The van der Waals surface area contributed by atoms with Gasteiger partial charge in [0, 0.05) is 28.8 Å². The summed E-state index contributed by atoms with van der Waals surface area (Å²) in [6.45, 7) is 5.93. The Kier molecular flexibility index (Phi) is 6.43. The Balaban J connectivity index is 1.74. The lowest BCUT2D eigenvalue weighted by Gasteiger charge is -2.10. The highest BCUT2D eigenvalue weighted by molar-refractivity contribution is 5.89.